The fourth-order valence-corrected chi connectivity index (χ4v) is 2.65. The Morgan fingerprint density at radius 2 is 1.73 bits per heavy atom. The van der Waals surface area contributed by atoms with Crippen LogP contribution in [0.5, 0.6) is 0 Å². The van der Waals surface area contributed by atoms with Crippen LogP contribution in [0.25, 0.3) is 0 Å². The molecule has 5 heteroatoms. The average molecular weight is 305 g/mol. The van der Waals surface area contributed by atoms with Crippen LogP contribution in [0.4, 0.5) is 13.2 Å². The van der Waals surface area contributed by atoms with E-state index in [1.807, 2.05) is 6.07 Å². The summed E-state index contributed by atoms with van der Waals surface area (Å²) >= 11 is 0. The van der Waals surface area contributed by atoms with E-state index in [2.05, 4.69) is 5.16 Å². The van der Waals surface area contributed by atoms with Crippen LogP contribution in [0, 0.1) is 5.82 Å². The van der Waals surface area contributed by atoms with Crippen LogP contribution in [0.2, 0.25) is 0 Å². The number of benzene rings is 2. The van der Waals surface area contributed by atoms with Gasteiger partial charge in [0.2, 0.25) is 6.43 Å². The second kappa shape index (κ2) is 5.83. The van der Waals surface area contributed by atoms with E-state index in [4.69, 9.17) is 4.84 Å². The minimum Gasteiger partial charge on any atom is -0.383 e. The molecule has 0 N–H and O–H groups in total. The molecule has 0 bridgehead atoms. The maximum atomic E-state index is 13.0. The summed E-state index contributed by atoms with van der Waals surface area (Å²) in [5, 5.41) is 3.98. The van der Waals surface area contributed by atoms with Crippen molar-refractivity contribution in [1.29, 1.82) is 0 Å². The highest BCUT2D eigenvalue weighted by Gasteiger charge is 2.43. The lowest BCUT2D eigenvalue weighted by Crippen LogP contribution is -2.29. The van der Waals surface area contributed by atoms with Crippen molar-refractivity contribution in [3.63, 3.8) is 0 Å². The molecule has 1 aliphatic rings. The van der Waals surface area contributed by atoms with Crippen molar-refractivity contribution in [3.8, 4) is 0 Å². The fourth-order valence-electron chi connectivity index (χ4n) is 2.65. The van der Waals surface area contributed by atoms with Crippen LogP contribution in [0.1, 0.15) is 24.0 Å². The summed E-state index contributed by atoms with van der Waals surface area (Å²) in [6.45, 7) is 0. The molecule has 0 radical (unpaired) electrons. The van der Waals surface area contributed by atoms with Crippen LogP contribution in [-0.2, 0) is 10.4 Å². The Balaban J connectivity index is 1.90. The molecule has 1 heterocycles. The van der Waals surface area contributed by atoms with Crippen LogP contribution >= 0.6 is 0 Å². The number of oxime groups is 1. The zero-order chi connectivity index (χ0) is 15.6. The monoisotopic (exact) mass is 305 g/mol. The molecule has 0 amide bonds. The van der Waals surface area contributed by atoms with Gasteiger partial charge < -0.3 is 4.84 Å². The van der Waals surface area contributed by atoms with Gasteiger partial charge in [0, 0.05) is 6.42 Å². The first-order valence-corrected chi connectivity index (χ1v) is 6.94. The van der Waals surface area contributed by atoms with Gasteiger partial charge >= 0.3 is 0 Å². The van der Waals surface area contributed by atoms with Crippen molar-refractivity contribution >= 4 is 5.71 Å². The second-order valence-corrected chi connectivity index (χ2v) is 5.27. The summed E-state index contributed by atoms with van der Waals surface area (Å²) in [5.41, 5.74) is 0.716. The van der Waals surface area contributed by atoms with Gasteiger partial charge in [0.15, 0.2) is 5.60 Å². The quantitative estimate of drug-likeness (QED) is 0.815. The highest BCUT2D eigenvalue weighted by atomic mass is 19.3. The molecule has 0 saturated heterocycles. The molecule has 3 rings (SSSR count). The smallest absolute Gasteiger partial charge is 0.242 e. The number of nitrogens with zero attached hydrogens (tertiary/aromatic N) is 1. The summed E-state index contributed by atoms with van der Waals surface area (Å²) in [5.74, 6) is -0.356. The molecule has 1 unspecified atom stereocenters. The molecule has 114 valence electrons. The van der Waals surface area contributed by atoms with E-state index in [1.165, 1.54) is 12.1 Å². The van der Waals surface area contributed by atoms with Crippen LogP contribution in [0.15, 0.2) is 59.8 Å². The zero-order valence-corrected chi connectivity index (χ0v) is 11.7. The first kappa shape index (κ1) is 14.6. The highest BCUT2D eigenvalue weighted by Crippen LogP contribution is 2.41. The van der Waals surface area contributed by atoms with Gasteiger partial charge in [0.05, 0.1) is 12.1 Å². The third-order valence-corrected chi connectivity index (χ3v) is 3.74. The minimum atomic E-state index is -2.51. The predicted octanol–water partition coefficient (Wildman–Crippen LogP) is 4.50. The van der Waals surface area contributed by atoms with E-state index in [0.29, 0.717) is 16.8 Å². The molecule has 0 spiro atoms. The summed E-state index contributed by atoms with van der Waals surface area (Å²) in [4.78, 5) is 5.45. The van der Waals surface area contributed by atoms with Gasteiger partial charge in [0.1, 0.15) is 5.82 Å². The van der Waals surface area contributed by atoms with Crippen molar-refractivity contribution in [3.05, 3.63) is 71.5 Å². The Labute approximate surface area is 126 Å². The van der Waals surface area contributed by atoms with Gasteiger partial charge in [0.25, 0.3) is 0 Å². The first-order chi connectivity index (χ1) is 10.6. The third-order valence-electron chi connectivity index (χ3n) is 3.74. The van der Waals surface area contributed by atoms with Gasteiger partial charge in [-0.05, 0) is 23.3 Å². The minimum absolute atomic E-state index is 0.229. The zero-order valence-electron chi connectivity index (χ0n) is 11.7. The molecule has 2 aromatic carbocycles. The third kappa shape index (κ3) is 2.84. The number of hydrogen-bond acceptors (Lipinski definition) is 2. The standard InChI is InChI=1S/C17H14F3NO/c18-14-8-6-12(7-9-14)15-10-17(22-21-15,11-16(19)20)13-4-2-1-3-5-13/h1-9,16H,10-11H2. The molecule has 22 heavy (non-hydrogen) atoms. The topological polar surface area (TPSA) is 21.6 Å². The second-order valence-electron chi connectivity index (χ2n) is 5.27. The lowest BCUT2D eigenvalue weighted by Gasteiger charge is -2.26. The van der Waals surface area contributed by atoms with Gasteiger partial charge in [-0.15, -0.1) is 0 Å². The van der Waals surface area contributed by atoms with E-state index in [9.17, 15) is 13.2 Å². The van der Waals surface area contributed by atoms with Gasteiger partial charge in [-0.1, -0.05) is 47.6 Å². The summed E-state index contributed by atoms with van der Waals surface area (Å²) in [6.07, 6.45) is -2.72. The van der Waals surface area contributed by atoms with E-state index in [0.717, 1.165) is 0 Å². The molecule has 0 fully saturated rings. The Hall–Kier alpha value is -2.30. The fraction of sp³-hybridized carbons (Fsp3) is 0.235. The number of halogens is 3. The largest absolute Gasteiger partial charge is 0.383 e. The molecule has 0 aromatic heterocycles. The summed E-state index contributed by atoms with van der Waals surface area (Å²) in [6, 6.07) is 14.7. The van der Waals surface area contributed by atoms with Crippen LogP contribution < -0.4 is 0 Å². The Kier molecular flexibility index (Phi) is 3.88. The number of rotatable bonds is 4. The van der Waals surface area contributed by atoms with Crippen molar-refractivity contribution in [2.24, 2.45) is 5.16 Å². The number of hydrogen-bond donors (Lipinski definition) is 0. The molecular formula is C17H14F3NO. The molecule has 2 nitrogen and oxygen atoms in total. The van der Waals surface area contributed by atoms with E-state index in [-0.39, 0.29) is 12.2 Å². The molecule has 1 atom stereocenters. The normalized spacial score (nSPS) is 20.8. The van der Waals surface area contributed by atoms with E-state index >= 15 is 0 Å². The maximum Gasteiger partial charge on any atom is 0.242 e. The lowest BCUT2D eigenvalue weighted by molar-refractivity contribution is -0.0650. The Morgan fingerprint density at radius 1 is 1.05 bits per heavy atom. The molecule has 0 aliphatic carbocycles. The van der Waals surface area contributed by atoms with Crippen LogP contribution in [0.3, 0.4) is 0 Å². The summed E-state index contributed by atoms with van der Waals surface area (Å²) < 4.78 is 39.0. The Morgan fingerprint density at radius 3 is 2.36 bits per heavy atom. The maximum absolute atomic E-state index is 13.0. The highest BCUT2D eigenvalue weighted by molar-refractivity contribution is 6.01. The average Bonchev–Trinajstić information content (AvgIpc) is 2.93. The van der Waals surface area contributed by atoms with Gasteiger partial charge in [-0.3, -0.25) is 0 Å². The number of alkyl halides is 2. The van der Waals surface area contributed by atoms with E-state index < -0.39 is 18.4 Å². The summed E-state index contributed by atoms with van der Waals surface area (Å²) in [7, 11) is 0. The Bertz CT molecular complexity index is 670. The van der Waals surface area contributed by atoms with Crippen molar-refractivity contribution in [2.75, 3.05) is 0 Å². The molecular weight excluding hydrogens is 291 g/mol. The first-order valence-electron chi connectivity index (χ1n) is 6.94. The van der Waals surface area contributed by atoms with Gasteiger partial charge in [-0.25, -0.2) is 13.2 Å². The lowest BCUT2D eigenvalue weighted by atomic mass is 9.85. The molecule has 0 saturated carbocycles. The van der Waals surface area contributed by atoms with Gasteiger partial charge in [-0.2, -0.15) is 0 Å². The van der Waals surface area contributed by atoms with Crippen molar-refractivity contribution in [1.82, 2.24) is 0 Å². The SMILES string of the molecule is Fc1ccc(C2=NOC(CC(F)F)(c3ccccc3)C2)cc1. The van der Waals surface area contributed by atoms with Crippen molar-refractivity contribution in [2.45, 2.75) is 24.9 Å². The van der Waals surface area contributed by atoms with Crippen molar-refractivity contribution < 1.29 is 18.0 Å². The predicted molar refractivity (Wildman–Crippen MR) is 77.4 cm³/mol. The van der Waals surface area contributed by atoms with Crippen LogP contribution in [-0.4, -0.2) is 12.1 Å². The van der Waals surface area contributed by atoms with E-state index in [1.54, 1.807) is 36.4 Å². The molecule has 2 aromatic rings. The molecule has 1 aliphatic heterocycles.